The Kier molecular flexibility index (Phi) is 4.85. The van der Waals surface area contributed by atoms with Crippen molar-refractivity contribution < 1.29 is 14.3 Å². The van der Waals surface area contributed by atoms with Gasteiger partial charge in [-0.3, -0.25) is 9.59 Å². The maximum Gasteiger partial charge on any atom is 0.228 e. The molecule has 1 fully saturated rings. The Morgan fingerprint density at radius 3 is 2.62 bits per heavy atom. The third-order valence-corrected chi connectivity index (χ3v) is 5.13. The van der Waals surface area contributed by atoms with E-state index in [-0.39, 0.29) is 30.8 Å². The molecule has 5 nitrogen and oxygen atoms in total. The molecule has 6 heteroatoms. The van der Waals surface area contributed by atoms with Crippen molar-refractivity contribution in [1.82, 2.24) is 0 Å². The van der Waals surface area contributed by atoms with Crippen molar-refractivity contribution in [2.24, 2.45) is 11.7 Å². The van der Waals surface area contributed by atoms with Crippen LogP contribution >= 0.6 is 11.3 Å². The van der Waals surface area contributed by atoms with E-state index in [2.05, 4.69) is 24.4 Å². The second kappa shape index (κ2) is 7.05. The lowest BCUT2D eigenvalue weighted by Gasteiger charge is -2.07. The van der Waals surface area contributed by atoms with E-state index >= 15 is 0 Å². The molecule has 1 saturated carbocycles. The highest BCUT2D eigenvalue weighted by atomic mass is 32.1. The van der Waals surface area contributed by atoms with Crippen LogP contribution in [0.2, 0.25) is 0 Å². The van der Waals surface area contributed by atoms with Gasteiger partial charge in [-0.15, -0.1) is 11.3 Å². The minimum absolute atomic E-state index is 0.0634. The smallest absolute Gasteiger partial charge is 0.228 e. The zero-order valence-electron chi connectivity index (χ0n) is 13.5. The summed E-state index contributed by atoms with van der Waals surface area (Å²) in [7, 11) is 0. The van der Waals surface area contributed by atoms with Crippen LogP contribution in [0.15, 0.2) is 36.4 Å². The number of ether oxygens (including phenoxy) is 1. The molecule has 0 unspecified atom stereocenters. The summed E-state index contributed by atoms with van der Waals surface area (Å²) in [6.45, 7) is 2.34. The average Bonchev–Trinajstić information content (AvgIpc) is 3.23. The van der Waals surface area contributed by atoms with Crippen LogP contribution in [-0.4, -0.2) is 18.4 Å². The molecule has 1 aromatic carbocycles. The lowest BCUT2D eigenvalue weighted by molar-refractivity contribution is -0.118. The number of nitrogens with two attached hydrogens (primary N) is 1. The number of hydrogen-bond donors (Lipinski definition) is 2. The summed E-state index contributed by atoms with van der Waals surface area (Å²) < 4.78 is 5.40. The zero-order chi connectivity index (χ0) is 17.1. The highest BCUT2D eigenvalue weighted by molar-refractivity contribution is 7.12. The maximum atomic E-state index is 12.3. The molecule has 2 atom stereocenters. The van der Waals surface area contributed by atoms with Gasteiger partial charge in [0.2, 0.25) is 11.8 Å². The third-order valence-electron chi connectivity index (χ3n) is 3.99. The van der Waals surface area contributed by atoms with E-state index in [0.717, 1.165) is 12.1 Å². The summed E-state index contributed by atoms with van der Waals surface area (Å²) in [5.41, 5.74) is 5.80. The van der Waals surface area contributed by atoms with E-state index < -0.39 is 0 Å². The first-order valence-electron chi connectivity index (χ1n) is 7.91. The summed E-state index contributed by atoms with van der Waals surface area (Å²) in [4.78, 5) is 25.5. The summed E-state index contributed by atoms with van der Waals surface area (Å²) in [6.07, 6.45) is 1.10. The molecule has 126 valence electrons. The molecule has 3 rings (SSSR count). The topological polar surface area (TPSA) is 81.4 Å². The molecule has 2 amide bonds. The summed E-state index contributed by atoms with van der Waals surface area (Å²) in [6, 6.07) is 11.3. The highest BCUT2D eigenvalue weighted by Gasteiger charge is 2.44. The van der Waals surface area contributed by atoms with E-state index in [1.54, 1.807) is 35.6 Å². The Morgan fingerprint density at radius 1 is 1.25 bits per heavy atom. The first-order valence-corrected chi connectivity index (χ1v) is 8.73. The van der Waals surface area contributed by atoms with Gasteiger partial charge in [0.1, 0.15) is 5.75 Å². The number of benzene rings is 1. The van der Waals surface area contributed by atoms with Crippen LogP contribution in [0, 0.1) is 12.8 Å². The third kappa shape index (κ3) is 4.14. The zero-order valence-corrected chi connectivity index (χ0v) is 14.3. The van der Waals surface area contributed by atoms with Gasteiger partial charge >= 0.3 is 0 Å². The summed E-state index contributed by atoms with van der Waals surface area (Å²) in [5, 5.41) is 2.95. The van der Waals surface area contributed by atoms with Crippen LogP contribution in [0.1, 0.15) is 28.5 Å². The first kappa shape index (κ1) is 16.5. The van der Waals surface area contributed by atoms with Gasteiger partial charge in [-0.2, -0.15) is 0 Å². The Balaban J connectivity index is 1.49. The minimum Gasteiger partial charge on any atom is -0.493 e. The van der Waals surface area contributed by atoms with E-state index in [1.807, 2.05) is 0 Å². The van der Waals surface area contributed by atoms with E-state index in [1.165, 1.54) is 9.75 Å². The van der Waals surface area contributed by atoms with Crippen LogP contribution in [-0.2, 0) is 9.59 Å². The Morgan fingerprint density at radius 2 is 2.00 bits per heavy atom. The summed E-state index contributed by atoms with van der Waals surface area (Å²) in [5.74, 6) is 0.745. The van der Waals surface area contributed by atoms with Crippen molar-refractivity contribution in [3.8, 4) is 5.75 Å². The quantitative estimate of drug-likeness (QED) is 0.810. The van der Waals surface area contributed by atoms with Crippen molar-refractivity contribution in [2.75, 3.05) is 11.9 Å². The Hall–Kier alpha value is -2.34. The number of aryl methyl sites for hydroxylation is 1. The Labute approximate surface area is 144 Å². The molecule has 1 aliphatic rings. The number of thiophene rings is 1. The van der Waals surface area contributed by atoms with Gasteiger partial charge in [-0.1, -0.05) is 0 Å². The maximum absolute atomic E-state index is 12.3. The van der Waals surface area contributed by atoms with Crippen LogP contribution in [0.4, 0.5) is 5.69 Å². The second-order valence-corrected chi connectivity index (χ2v) is 7.29. The largest absolute Gasteiger partial charge is 0.493 e. The van der Waals surface area contributed by atoms with Gasteiger partial charge in [-0.05, 0) is 49.7 Å². The minimum atomic E-state index is -0.390. The van der Waals surface area contributed by atoms with E-state index in [4.69, 9.17) is 10.5 Å². The molecule has 0 spiro atoms. The molecule has 1 aromatic heterocycles. The summed E-state index contributed by atoms with van der Waals surface area (Å²) >= 11 is 1.77. The van der Waals surface area contributed by atoms with Crippen molar-refractivity contribution in [1.29, 1.82) is 0 Å². The Bertz CT molecular complexity index is 739. The molecule has 0 saturated heterocycles. The number of anilines is 1. The van der Waals surface area contributed by atoms with Crippen LogP contribution < -0.4 is 15.8 Å². The molecule has 24 heavy (non-hydrogen) atoms. The lowest BCUT2D eigenvalue weighted by atomic mass is 10.2. The number of carbonyl (C=O) groups excluding carboxylic acids is 2. The van der Waals surface area contributed by atoms with Gasteiger partial charge in [0.05, 0.1) is 13.0 Å². The normalized spacial score (nSPS) is 18.9. The average molecular weight is 344 g/mol. The van der Waals surface area contributed by atoms with Crippen LogP contribution in [0.25, 0.3) is 0 Å². The van der Waals surface area contributed by atoms with Gasteiger partial charge in [-0.25, -0.2) is 0 Å². The fraction of sp³-hybridized carbons (Fsp3) is 0.333. The fourth-order valence-electron chi connectivity index (χ4n) is 2.59. The predicted molar refractivity (Wildman–Crippen MR) is 94.3 cm³/mol. The second-order valence-electron chi connectivity index (χ2n) is 5.98. The van der Waals surface area contributed by atoms with Crippen molar-refractivity contribution in [2.45, 2.75) is 25.7 Å². The lowest BCUT2D eigenvalue weighted by Crippen LogP contribution is -2.15. The van der Waals surface area contributed by atoms with Crippen molar-refractivity contribution in [3.63, 3.8) is 0 Å². The molecular formula is C18H20N2O3S. The number of hydrogen-bond acceptors (Lipinski definition) is 4. The number of carbonyl (C=O) groups is 2. The van der Waals surface area contributed by atoms with Gasteiger partial charge in [0, 0.05) is 27.3 Å². The standard InChI is InChI=1S/C18H20N2O3S/c1-11-2-7-16(24-11)14-10-15(14)18(22)20-12-3-5-13(6-4-12)23-9-8-17(19)21/h2-7,14-15H,8-10H2,1H3,(H2,19,21)(H,20,22)/t14-,15-/m1/s1. The highest BCUT2D eigenvalue weighted by Crippen LogP contribution is 2.50. The number of rotatable bonds is 7. The molecule has 0 radical (unpaired) electrons. The molecule has 2 aromatic rings. The fourth-order valence-corrected chi connectivity index (χ4v) is 3.65. The van der Waals surface area contributed by atoms with Crippen LogP contribution in [0.3, 0.4) is 0 Å². The van der Waals surface area contributed by atoms with Crippen molar-refractivity contribution in [3.05, 3.63) is 46.2 Å². The SMILES string of the molecule is Cc1ccc([C@@H]2C[C@H]2C(=O)Nc2ccc(OCCC(N)=O)cc2)s1. The molecule has 3 N–H and O–H groups in total. The predicted octanol–water partition coefficient (Wildman–Crippen LogP) is 3.05. The van der Waals surface area contributed by atoms with Gasteiger partial charge in [0.25, 0.3) is 0 Å². The number of primary amides is 1. The van der Waals surface area contributed by atoms with Gasteiger partial charge in [0.15, 0.2) is 0 Å². The van der Waals surface area contributed by atoms with Crippen LogP contribution in [0.5, 0.6) is 5.75 Å². The number of nitrogens with one attached hydrogen (secondary N) is 1. The molecular weight excluding hydrogens is 324 g/mol. The monoisotopic (exact) mass is 344 g/mol. The van der Waals surface area contributed by atoms with Crippen molar-refractivity contribution >= 4 is 28.8 Å². The number of amides is 2. The molecule has 0 bridgehead atoms. The molecule has 1 aliphatic carbocycles. The first-order chi connectivity index (χ1) is 11.5. The van der Waals surface area contributed by atoms with Gasteiger partial charge < -0.3 is 15.8 Å². The molecule has 1 heterocycles. The van der Waals surface area contributed by atoms with E-state index in [0.29, 0.717) is 11.7 Å². The van der Waals surface area contributed by atoms with E-state index in [9.17, 15) is 9.59 Å². The molecule has 0 aliphatic heterocycles.